The van der Waals surface area contributed by atoms with Gasteiger partial charge in [-0.15, -0.1) is 0 Å². The Morgan fingerprint density at radius 2 is 1.56 bits per heavy atom. The summed E-state index contributed by atoms with van der Waals surface area (Å²) in [6.07, 6.45) is 5.63. The third-order valence-corrected chi connectivity index (χ3v) is 6.07. The van der Waals surface area contributed by atoms with E-state index in [2.05, 4.69) is 5.32 Å². The largest absolute Gasteiger partial charge is 0.455 e. The highest BCUT2D eigenvalue weighted by Crippen LogP contribution is 2.56. The number of hydrogen-bond acceptors (Lipinski definition) is 3. The molecule has 1 amide bonds. The van der Waals surface area contributed by atoms with E-state index in [-0.39, 0.29) is 11.9 Å². The summed E-state index contributed by atoms with van der Waals surface area (Å²) in [4.78, 5) is 24.4. The molecule has 0 spiro atoms. The molecule has 0 radical (unpaired) electrons. The van der Waals surface area contributed by atoms with Crippen LogP contribution in [-0.4, -0.2) is 18.5 Å². The van der Waals surface area contributed by atoms with Gasteiger partial charge in [-0.2, -0.15) is 0 Å². The zero-order valence-electron chi connectivity index (χ0n) is 13.8. The Morgan fingerprint density at radius 3 is 2.12 bits per heavy atom. The van der Waals surface area contributed by atoms with Crippen molar-refractivity contribution in [3.63, 3.8) is 0 Å². The van der Waals surface area contributed by atoms with Gasteiger partial charge in [0.25, 0.3) is 5.91 Å². The molecule has 4 bridgehead atoms. The van der Waals surface area contributed by atoms with Crippen molar-refractivity contribution in [3.05, 3.63) is 29.8 Å². The molecule has 0 atom stereocenters. The second kappa shape index (κ2) is 6.39. The number of hydrogen-bond donors (Lipinski definition) is 1. The van der Waals surface area contributed by atoms with E-state index in [9.17, 15) is 18.4 Å². The molecule has 0 heterocycles. The molecule has 25 heavy (non-hydrogen) atoms. The van der Waals surface area contributed by atoms with Gasteiger partial charge in [-0.25, -0.2) is 8.78 Å². The first-order valence-electron chi connectivity index (χ1n) is 8.91. The summed E-state index contributed by atoms with van der Waals surface area (Å²) in [5.41, 5.74) is -0.516. The summed E-state index contributed by atoms with van der Waals surface area (Å²) in [6, 6.07) is 3.32. The Bertz CT molecular complexity index is 658. The van der Waals surface area contributed by atoms with Crippen molar-refractivity contribution in [2.24, 2.45) is 29.6 Å². The first-order chi connectivity index (χ1) is 12.0. The van der Waals surface area contributed by atoms with Gasteiger partial charge in [0.15, 0.2) is 6.61 Å². The lowest BCUT2D eigenvalue weighted by Crippen LogP contribution is -2.48. The van der Waals surface area contributed by atoms with E-state index in [1.54, 1.807) is 0 Å². The van der Waals surface area contributed by atoms with Crippen molar-refractivity contribution in [3.8, 4) is 0 Å². The van der Waals surface area contributed by atoms with E-state index < -0.39 is 29.8 Å². The van der Waals surface area contributed by atoms with E-state index in [0.29, 0.717) is 11.8 Å². The lowest BCUT2D eigenvalue weighted by molar-refractivity contribution is -0.164. The van der Waals surface area contributed by atoms with Crippen LogP contribution >= 0.6 is 0 Å². The number of ether oxygens (including phenoxy) is 1. The van der Waals surface area contributed by atoms with Crippen molar-refractivity contribution in [2.45, 2.75) is 32.1 Å². The first-order valence-corrected chi connectivity index (χ1v) is 8.91. The molecule has 0 saturated heterocycles. The topological polar surface area (TPSA) is 55.4 Å². The van der Waals surface area contributed by atoms with Crippen LogP contribution in [0.5, 0.6) is 0 Å². The van der Waals surface area contributed by atoms with Crippen LogP contribution in [0.25, 0.3) is 0 Å². The molecule has 6 heteroatoms. The SMILES string of the molecule is O=C(COC(=O)C1C2CC3CC(C2)CC1C3)Nc1c(F)cccc1F. The molecular formula is C19H21F2NO3. The molecule has 4 aliphatic rings. The third-order valence-electron chi connectivity index (χ3n) is 6.07. The molecule has 1 N–H and O–H groups in total. The highest BCUT2D eigenvalue weighted by Gasteiger charge is 2.51. The van der Waals surface area contributed by atoms with Crippen LogP contribution in [0.4, 0.5) is 14.5 Å². The van der Waals surface area contributed by atoms with Crippen molar-refractivity contribution >= 4 is 17.6 Å². The molecule has 1 aromatic rings. The fraction of sp³-hybridized carbons (Fsp3) is 0.579. The number of halogens is 2. The molecular weight excluding hydrogens is 328 g/mol. The summed E-state index contributed by atoms with van der Waals surface area (Å²) in [5.74, 6) is -0.671. The maximum Gasteiger partial charge on any atom is 0.310 e. The second-order valence-corrected chi connectivity index (χ2v) is 7.71. The average molecular weight is 349 g/mol. The highest BCUT2D eigenvalue weighted by molar-refractivity contribution is 5.93. The molecule has 0 aromatic heterocycles. The molecule has 134 valence electrons. The van der Waals surface area contributed by atoms with Crippen molar-refractivity contribution in [2.75, 3.05) is 11.9 Å². The fourth-order valence-electron chi connectivity index (χ4n) is 5.34. The zero-order chi connectivity index (χ0) is 17.6. The molecule has 4 saturated carbocycles. The average Bonchev–Trinajstić information content (AvgIpc) is 2.55. The summed E-state index contributed by atoms with van der Waals surface area (Å²) in [6.45, 7) is -0.518. The number of benzene rings is 1. The van der Waals surface area contributed by atoms with Crippen molar-refractivity contribution in [1.82, 2.24) is 0 Å². The second-order valence-electron chi connectivity index (χ2n) is 7.71. The lowest BCUT2D eigenvalue weighted by Gasteiger charge is -2.53. The summed E-state index contributed by atoms with van der Waals surface area (Å²) in [7, 11) is 0. The molecule has 4 aliphatic carbocycles. The molecule has 4 fully saturated rings. The number of para-hydroxylation sites is 1. The summed E-state index contributed by atoms with van der Waals surface area (Å²) >= 11 is 0. The Balaban J connectivity index is 1.34. The van der Waals surface area contributed by atoms with Gasteiger partial charge in [0.1, 0.15) is 17.3 Å². The summed E-state index contributed by atoms with van der Waals surface area (Å²) < 4.78 is 32.3. The standard InChI is InChI=1S/C19H21F2NO3/c20-14-2-1-3-15(21)18(14)22-16(23)9-25-19(24)17-12-5-10-4-11(7-12)8-13(17)6-10/h1-3,10-13,17H,4-9H2,(H,22,23). The normalized spacial score (nSPS) is 32.5. The number of esters is 1. The minimum Gasteiger partial charge on any atom is -0.455 e. The van der Waals surface area contributed by atoms with Crippen LogP contribution in [0, 0.1) is 41.2 Å². The van der Waals surface area contributed by atoms with Gasteiger partial charge in [-0.05, 0) is 67.9 Å². The van der Waals surface area contributed by atoms with Crippen LogP contribution in [-0.2, 0) is 14.3 Å². The third kappa shape index (κ3) is 3.14. The number of carbonyl (C=O) groups excluding carboxylic acids is 2. The Hall–Kier alpha value is -1.98. The highest BCUT2D eigenvalue weighted by atomic mass is 19.1. The maximum absolute atomic E-state index is 13.5. The lowest BCUT2D eigenvalue weighted by atomic mass is 9.52. The van der Waals surface area contributed by atoms with E-state index in [1.165, 1.54) is 12.5 Å². The minimum atomic E-state index is -0.860. The van der Waals surface area contributed by atoms with Gasteiger partial charge in [0, 0.05) is 0 Å². The van der Waals surface area contributed by atoms with Crippen LogP contribution in [0.2, 0.25) is 0 Å². The van der Waals surface area contributed by atoms with Gasteiger partial charge in [-0.3, -0.25) is 9.59 Å². The van der Waals surface area contributed by atoms with E-state index in [4.69, 9.17) is 4.74 Å². The first kappa shape index (κ1) is 16.5. The number of carbonyl (C=O) groups is 2. The van der Waals surface area contributed by atoms with E-state index in [0.717, 1.165) is 49.7 Å². The van der Waals surface area contributed by atoms with E-state index in [1.807, 2.05) is 0 Å². The minimum absolute atomic E-state index is 0.120. The van der Waals surface area contributed by atoms with Crippen LogP contribution < -0.4 is 5.32 Å². The molecule has 4 nitrogen and oxygen atoms in total. The Kier molecular flexibility index (Phi) is 4.21. The van der Waals surface area contributed by atoms with Gasteiger partial charge in [-0.1, -0.05) is 6.07 Å². The number of nitrogens with one attached hydrogen (secondary N) is 1. The predicted octanol–water partition coefficient (Wildman–Crippen LogP) is 3.52. The van der Waals surface area contributed by atoms with Gasteiger partial charge in [0.05, 0.1) is 5.92 Å². The zero-order valence-corrected chi connectivity index (χ0v) is 13.8. The van der Waals surface area contributed by atoms with Crippen molar-refractivity contribution < 1.29 is 23.1 Å². The molecule has 1 aromatic carbocycles. The Morgan fingerprint density at radius 1 is 1.00 bits per heavy atom. The maximum atomic E-state index is 13.5. The van der Waals surface area contributed by atoms with Crippen LogP contribution in [0.15, 0.2) is 18.2 Å². The van der Waals surface area contributed by atoms with Crippen LogP contribution in [0.1, 0.15) is 32.1 Å². The fourth-order valence-corrected chi connectivity index (χ4v) is 5.34. The molecule has 5 rings (SSSR count). The smallest absolute Gasteiger partial charge is 0.310 e. The Labute approximate surface area is 144 Å². The number of anilines is 1. The van der Waals surface area contributed by atoms with Gasteiger partial charge < -0.3 is 10.1 Å². The number of amides is 1. The van der Waals surface area contributed by atoms with E-state index >= 15 is 0 Å². The quantitative estimate of drug-likeness (QED) is 0.846. The van der Waals surface area contributed by atoms with Gasteiger partial charge >= 0.3 is 5.97 Å². The monoisotopic (exact) mass is 349 g/mol. The molecule has 0 unspecified atom stereocenters. The van der Waals surface area contributed by atoms with Crippen LogP contribution in [0.3, 0.4) is 0 Å². The van der Waals surface area contributed by atoms with Crippen molar-refractivity contribution in [1.29, 1.82) is 0 Å². The predicted molar refractivity (Wildman–Crippen MR) is 86.5 cm³/mol. The van der Waals surface area contributed by atoms with Gasteiger partial charge in [0.2, 0.25) is 0 Å². The molecule has 0 aliphatic heterocycles. The number of rotatable bonds is 4. The summed E-state index contributed by atoms with van der Waals surface area (Å²) in [5, 5.41) is 2.14.